The van der Waals surface area contributed by atoms with E-state index in [4.69, 9.17) is 23.2 Å². The topological polar surface area (TPSA) is 24.7 Å². The summed E-state index contributed by atoms with van der Waals surface area (Å²) >= 11 is 11.7. The molecule has 0 heterocycles. The molecule has 0 aromatic heterocycles. The first-order chi connectivity index (χ1) is 12.0. The highest BCUT2D eigenvalue weighted by Gasteiger charge is 2.30. The second-order valence-corrected chi connectivity index (χ2v) is 5.61. The molecule has 0 aliphatic heterocycles. The van der Waals surface area contributed by atoms with Gasteiger partial charge in [0, 0.05) is 0 Å². The molecule has 0 bridgehead atoms. The van der Waals surface area contributed by atoms with Crippen molar-refractivity contribution >= 4 is 44.9 Å². The van der Waals surface area contributed by atoms with Gasteiger partial charge in [-0.1, -0.05) is 23.2 Å². The number of halogens is 8. The van der Waals surface area contributed by atoms with Crippen LogP contribution in [0.5, 0.6) is 0 Å². The van der Waals surface area contributed by atoms with Gasteiger partial charge in [-0.05, 0) is 48.5 Å². The molecule has 138 valence electrons. The van der Waals surface area contributed by atoms with Crippen molar-refractivity contribution in [3.63, 3.8) is 0 Å². The van der Waals surface area contributed by atoms with Crippen LogP contribution in [0.15, 0.2) is 58.5 Å². The van der Waals surface area contributed by atoms with E-state index in [-0.39, 0.29) is 21.7 Å². The summed E-state index contributed by atoms with van der Waals surface area (Å²) in [7, 11) is 0. The van der Waals surface area contributed by atoms with Gasteiger partial charge in [0.2, 0.25) is 0 Å². The molecule has 0 saturated carbocycles. The maximum Gasteiger partial charge on any atom is 0.416 e. The molecular weight excluding hydrogens is 405 g/mol. The fourth-order valence-corrected chi connectivity index (χ4v) is 2.05. The number of nitrogens with zero attached hydrogens (tertiary/aromatic N) is 2. The van der Waals surface area contributed by atoms with E-state index < -0.39 is 23.5 Å². The average molecular weight is 413 g/mol. The Kier molecular flexibility index (Phi) is 5.98. The van der Waals surface area contributed by atoms with E-state index in [2.05, 4.69) is 9.98 Å². The monoisotopic (exact) mass is 412 g/mol. The van der Waals surface area contributed by atoms with E-state index in [1.165, 1.54) is 0 Å². The molecule has 2 rings (SSSR count). The second kappa shape index (κ2) is 7.67. The third-order valence-corrected chi connectivity index (χ3v) is 3.64. The zero-order valence-electron chi connectivity index (χ0n) is 12.5. The quantitative estimate of drug-likeness (QED) is 0.384. The molecule has 0 unspecified atom stereocenters. The molecule has 2 nitrogen and oxygen atoms in total. The van der Waals surface area contributed by atoms with Gasteiger partial charge in [0.25, 0.3) is 0 Å². The highest BCUT2D eigenvalue weighted by molar-refractivity contribution is 7.00. The summed E-state index contributed by atoms with van der Waals surface area (Å²) in [6, 6.07) is 7.66. The summed E-state index contributed by atoms with van der Waals surface area (Å²) in [4.78, 5) is 7.61. The summed E-state index contributed by atoms with van der Waals surface area (Å²) in [5, 5.41) is -0.655. The highest BCUT2D eigenvalue weighted by Crippen LogP contribution is 2.31. The van der Waals surface area contributed by atoms with E-state index in [1.807, 2.05) is 0 Å². The van der Waals surface area contributed by atoms with Crippen LogP contribution in [-0.4, -0.2) is 10.3 Å². The Morgan fingerprint density at radius 1 is 0.577 bits per heavy atom. The van der Waals surface area contributed by atoms with Crippen molar-refractivity contribution in [1.82, 2.24) is 0 Å². The van der Waals surface area contributed by atoms with Crippen LogP contribution in [0.2, 0.25) is 0 Å². The Hall–Kier alpha value is -2.06. The number of alkyl halides is 6. The molecule has 10 heteroatoms. The van der Waals surface area contributed by atoms with Gasteiger partial charge < -0.3 is 0 Å². The van der Waals surface area contributed by atoms with Gasteiger partial charge in [-0.2, -0.15) is 26.3 Å². The minimum Gasteiger partial charge on any atom is -0.233 e. The summed E-state index contributed by atoms with van der Waals surface area (Å²) in [5.74, 6) is 0. The minimum atomic E-state index is -4.48. The lowest BCUT2D eigenvalue weighted by molar-refractivity contribution is -0.138. The van der Waals surface area contributed by atoms with Gasteiger partial charge in [-0.25, -0.2) is 9.98 Å². The first-order valence-electron chi connectivity index (χ1n) is 6.80. The van der Waals surface area contributed by atoms with E-state index in [1.54, 1.807) is 0 Å². The van der Waals surface area contributed by atoms with Crippen molar-refractivity contribution in [3.05, 3.63) is 59.7 Å². The van der Waals surface area contributed by atoms with Gasteiger partial charge in [-0.15, -0.1) is 0 Å². The Balaban J connectivity index is 2.18. The van der Waals surface area contributed by atoms with Crippen LogP contribution in [-0.2, 0) is 12.4 Å². The Morgan fingerprint density at radius 3 is 1.08 bits per heavy atom. The molecule has 2 aromatic rings. The fourth-order valence-electron chi connectivity index (χ4n) is 1.77. The average Bonchev–Trinajstić information content (AvgIpc) is 2.54. The molecule has 0 aliphatic carbocycles. The maximum absolute atomic E-state index is 12.5. The number of hydrogen-bond acceptors (Lipinski definition) is 2. The van der Waals surface area contributed by atoms with Crippen molar-refractivity contribution < 1.29 is 26.3 Å². The van der Waals surface area contributed by atoms with Gasteiger partial charge in [-0.3, -0.25) is 0 Å². The lowest BCUT2D eigenvalue weighted by Crippen LogP contribution is -2.04. The first-order valence-corrected chi connectivity index (χ1v) is 7.55. The molecule has 26 heavy (non-hydrogen) atoms. The summed E-state index contributed by atoms with van der Waals surface area (Å²) in [6.45, 7) is 0. The van der Waals surface area contributed by atoms with Gasteiger partial charge in [0.1, 0.15) is 0 Å². The molecule has 0 aliphatic rings. The molecule has 0 amide bonds. The molecule has 0 saturated heterocycles. The SMILES string of the molecule is FC(F)(F)c1ccc(N=C(Cl)C(Cl)=Nc2ccc(C(F)(F)F)cc2)cc1. The van der Waals surface area contributed by atoms with Crippen LogP contribution >= 0.6 is 23.2 Å². The van der Waals surface area contributed by atoms with Crippen LogP contribution < -0.4 is 0 Å². The predicted octanol–water partition coefficient (Wildman–Crippen LogP) is 6.96. The fraction of sp³-hybridized carbons (Fsp3) is 0.125. The standard InChI is InChI=1S/C16H8Cl2F6N2/c17-13(25-11-5-1-9(2-6-11)15(19,20)21)14(18)26-12-7-3-10(4-8-12)16(22,23)24/h1-8H. The van der Waals surface area contributed by atoms with E-state index in [0.29, 0.717) is 0 Å². The first kappa shape index (κ1) is 20.3. The lowest BCUT2D eigenvalue weighted by Gasteiger charge is -2.06. The van der Waals surface area contributed by atoms with Gasteiger partial charge in [0.15, 0.2) is 10.3 Å². The summed E-state index contributed by atoms with van der Waals surface area (Å²) < 4.78 is 74.9. The van der Waals surface area contributed by atoms with Crippen molar-refractivity contribution in [2.75, 3.05) is 0 Å². The van der Waals surface area contributed by atoms with Crippen LogP contribution in [0.25, 0.3) is 0 Å². The highest BCUT2D eigenvalue weighted by atomic mass is 35.5. The smallest absolute Gasteiger partial charge is 0.233 e. The van der Waals surface area contributed by atoms with Crippen LogP contribution in [0.3, 0.4) is 0 Å². The zero-order valence-corrected chi connectivity index (χ0v) is 14.0. The van der Waals surface area contributed by atoms with Crippen molar-refractivity contribution in [3.8, 4) is 0 Å². The zero-order chi connectivity index (χ0) is 19.5. The molecule has 0 radical (unpaired) electrons. The molecule has 0 spiro atoms. The van der Waals surface area contributed by atoms with Crippen LogP contribution in [0, 0.1) is 0 Å². The Labute approximate surface area is 153 Å². The number of benzene rings is 2. The normalized spacial score (nSPS) is 13.8. The Bertz CT molecular complexity index is 750. The second-order valence-electron chi connectivity index (χ2n) is 4.89. The van der Waals surface area contributed by atoms with Crippen molar-refractivity contribution in [1.29, 1.82) is 0 Å². The Morgan fingerprint density at radius 2 is 0.846 bits per heavy atom. The molecule has 2 aromatic carbocycles. The summed E-state index contributed by atoms with van der Waals surface area (Å²) in [6.07, 6.45) is -8.96. The van der Waals surface area contributed by atoms with Crippen molar-refractivity contribution in [2.45, 2.75) is 12.4 Å². The largest absolute Gasteiger partial charge is 0.416 e. The lowest BCUT2D eigenvalue weighted by atomic mass is 10.2. The van der Waals surface area contributed by atoms with Crippen molar-refractivity contribution in [2.24, 2.45) is 9.98 Å². The van der Waals surface area contributed by atoms with Gasteiger partial charge >= 0.3 is 12.4 Å². The van der Waals surface area contributed by atoms with E-state index in [0.717, 1.165) is 48.5 Å². The number of hydrogen-bond donors (Lipinski definition) is 0. The van der Waals surface area contributed by atoms with Crippen LogP contribution in [0.1, 0.15) is 11.1 Å². The number of rotatable bonds is 3. The number of aliphatic imine (C=N–C) groups is 2. The van der Waals surface area contributed by atoms with E-state index in [9.17, 15) is 26.3 Å². The molecule has 0 fully saturated rings. The third kappa shape index (κ3) is 5.47. The molecular formula is C16H8Cl2F6N2. The van der Waals surface area contributed by atoms with E-state index >= 15 is 0 Å². The predicted molar refractivity (Wildman–Crippen MR) is 88.8 cm³/mol. The summed E-state index contributed by atoms with van der Waals surface area (Å²) in [5.41, 5.74) is -1.50. The third-order valence-electron chi connectivity index (χ3n) is 3.01. The van der Waals surface area contributed by atoms with Gasteiger partial charge in [0.05, 0.1) is 22.5 Å². The van der Waals surface area contributed by atoms with Crippen LogP contribution in [0.4, 0.5) is 37.7 Å². The maximum atomic E-state index is 12.5. The molecule has 0 N–H and O–H groups in total. The molecule has 0 atom stereocenters. The minimum absolute atomic E-state index is 0.101.